The van der Waals surface area contributed by atoms with Gasteiger partial charge in [0.05, 0.1) is 35.3 Å². The van der Waals surface area contributed by atoms with Crippen LogP contribution in [0.2, 0.25) is 0 Å². The number of aromatic nitrogens is 2. The fourth-order valence-corrected chi connectivity index (χ4v) is 4.24. The van der Waals surface area contributed by atoms with Crippen LogP contribution in [-0.2, 0) is 9.53 Å². The number of fused-ring (bicyclic) bond motifs is 1. The summed E-state index contributed by atoms with van der Waals surface area (Å²) in [5.74, 6) is 0.648. The van der Waals surface area contributed by atoms with Crippen LogP contribution < -0.4 is 15.0 Å². The molecule has 0 N–H and O–H groups in total. The number of hydrogen-bond acceptors (Lipinski definition) is 7. The van der Waals surface area contributed by atoms with Crippen molar-refractivity contribution in [3.05, 3.63) is 59.4 Å². The molecule has 0 saturated heterocycles. The summed E-state index contributed by atoms with van der Waals surface area (Å²) in [6.07, 6.45) is 0.668. The van der Waals surface area contributed by atoms with Gasteiger partial charge in [0.1, 0.15) is 5.82 Å². The lowest BCUT2D eigenvalue weighted by atomic mass is 10.2. The van der Waals surface area contributed by atoms with E-state index in [4.69, 9.17) is 14.2 Å². The molecule has 3 aromatic rings. The topological polar surface area (TPSA) is 92.0 Å². The molecule has 0 saturated carbocycles. The van der Waals surface area contributed by atoms with Gasteiger partial charge >= 0.3 is 5.97 Å². The minimum atomic E-state index is -0.842. The largest absolute Gasteiger partial charge is 0.493 e. The molecule has 33 heavy (non-hydrogen) atoms. The van der Waals surface area contributed by atoms with Gasteiger partial charge in [-0.2, -0.15) is 9.78 Å². The van der Waals surface area contributed by atoms with Crippen LogP contribution in [-0.4, -0.2) is 41.7 Å². The fourth-order valence-electron chi connectivity index (χ4n) is 2.96. The zero-order chi connectivity index (χ0) is 24.3. The number of esters is 1. The maximum absolute atomic E-state index is 13.0. The molecule has 0 spiro atoms. The van der Waals surface area contributed by atoms with Crippen LogP contribution in [0.3, 0.4) is 0 Å². The molecule has 0 aliphatic rings. The summed E-state index contributed by atoms with van der Waals surface area (Å²) in [5.41, 5.74) is 0.908. The third-order valence-corrected chi connectivity index (χ3v) is 7.21. The van der Waals surface area contributed by atoms with Crippen LogP contribution in [0.25, 0.3) is 10.9 Å². The normalized spacial score (nSPS) is 12.2. The van der Waals surface area contributed by atoms with Crippen LogP contribution in [0.1, 0.15) is 25.2 Å². The van der Waals surface area contributed by atoms with Gasteiger partial charge in [0.2, 0.25) is 0 Å². The maximum Gasteiger partial charge on any atom is 0.347 e. The van der Waals surface area contributed by atoms with Crippen molar-refractivity contribution in [1.82, 2.24) is 9.66 Å². The zero-order valence-electron chi connectivity index (χ0n) is 18.2. The summed E-state index contributed by atoms with van der Waals surface area (Å²) < 4.78 is 19.4. The van der Waals surface area contributed by atoms with Gasteiger partial charge in [-0.25, -0.2) is 9.78 Å². The summed E-state index contributed by atoms with van der Waals surface area (Å²) >= 11 is 10.4. The molecule has 11 heteroatoms. The van der Waals surface area contributed by atoms with E-state index >= 15 is 0 Å². The standard InChI is InChI=1S/C22H20Br3N3O5/c1-5-32-22(30)11(2)33-20-17(31-4)8-13(18(24)19(20)25)10-26-28-12(3)27-16-7-6-14(23)9-15(16)21(28)29/h6-11H,5H2,1-4H3/t11-/m1/s1. The van der Waals surface area contributed by atoms with Crippen molar-refractivity contribution in [2.24, 2.45) is 5.10 Å². The number of nitrogens with zero attached hydrogens (tertiary/aromatic N) is 3. The molecule has 8 nitrogen and oxygen atoms in total. The van der Waals surface area contributed by atoms with Crippen LogP contribution in [0.15, 0.2) is 47.6 Å². The van der Waals surface area contributed by atoms with E-state index in [1.165, 1.54) is 18.0 Å². The Labute approximate surface area is 215 Å². The monoisotopic (exact) mass is 643 g/mol. The molecule has 0 fully saturated rings. The first-order valence-corrected chi connectivity index (χ1v) is 12.2. The van der Waals surface area contributed by atoms with Gasteiger partial charge in [-0.1, -0.05) is 15.9 Å². The van der Waals surface area contributed by atoms with Crippen molar-refractivity contribution < 1.29 is 19.0 Å². The SMILES string of the molecule is CCOC(=O)[C@@H](C)Oc1c(OC)cc(C=Nn2c(C)nc3ccc(Br)cc3c2=O)c(Br)c1Br. The number of rotatable bonds is 7. The molecule has 0 aliphatic carbocycles. The summed E-state index contributed by atoms with van der Waals surface area (Å²) in [6, 6.07) is 6.99. The first-order valence-electron chi connectivity index (χ1n) is 9.80. The predicted octanol–water partition coefficient (Wildman–Crippen LogP) is 5.21. The number of carbonyl (C=O) groups is 1. The van der Waals surface area contributed by atoms with Crippen LogP contribution in [0.4, 0.5) is 0 Å². The Morgan fingerprint density at radius 3 is 2.64 bits per heavy atom. The van der Waals surface area contributed by atoms with Crippen LogP contribution in [0.5, 0.6) is 11.5 Å². The second kappa shape index (κ2) is 10.8. The van der Waals surface area contributed by atoms with Gasteiger partial charge in [-0.15, -0.1) is 0 Å². The zero-order valence-corrected chi connectivity index (χ0v) is 22.9. The highest BCUT2D eigenvalue weighted by Gasteiger charge is 2.23. The fraction of sp³-hybridized carbons (Fsp3) is 0.273. The summed E-state index contributed by atoms with van der Waals surface area (Å²) in [6.45, 7) is 5.28. The highest BCUT2D eigenvalue weighted by molar-refractivity contribution is 9.13. The van der Waals surface area contributed by atoms with Crippen LogP contribution >= 0.6 is 47.8 Å². The molecular weight excluding hydrogens is 626 g/mol. The second-order valence-corrected chi connectivity index (χ2v) is 9.32. The Morgan fingerprint density at radius 1 is 1.24 bits per heavy atom. The van der Waals surface area contributed by atoms with Crippen molar-refractivity contribution in [2.45, 2.75) is 26.9 Å². The number of aryl methyl sites for hydroxylation is 1. The second-order valence-electron chi connectivity index (χ2n) is 6.82. The molecule has 174 valence electrons. The maximum atomic E-state index is 13.0. The molecule has 1 aromatic heterocycles. The van der Waals surface area contributed by atoms with Crippen molar-refractivity contribution in [1.29, 1.82) is 0 Å². The minimum Gasteiger partial charge on any atom is -0.493 e. The predicted molar refractivity (Wildman–Crippen MR) is 137 cm³/mol. The van der Waals surface area contributed by atoms with Crippen molar-refractivity contribution in [2.75, 3.05) is 13.7 Å². The van der Waals surface area contributed by atoms with E-state index < -0.39 is 12.1 Å². The van der Waals surface area contributed by atoms with Gasteiger partial charge < -0.3 is 14.2 Å². The highest BCUT2D eigenvalue weighted by atomic mass is 79.9. The Kier molecular flexibility index (Phi) is 8.30. The quantitative estimate of drug-likeness (QED) is 0.259. The van der Waals surface area contributed by atoms with E-state index in [1.807, 2.05) is 6.07 Å². The molecular formula is C22H20Br3N3O5. The number of carbonyl (C=O) groups excluding carboxylic acids is 1. The molecule has 2 aromatic carbocycles. The van der Waals surface area contributed by atoms with Gasteiger partial charge in [-0.05, 0) is 76.9 Å². The molecule has 0 radical (unpaired) electrons. The Bertz CT molecular complexity index is 1310. The average Bonchev–Trinajstić information content (AvgIpc) is 2.78. The van der Waals surface area contributed by atoms with E-state index in [0.29, 0.717) is 42.7 Å². The van der Waals surface area contributed by atoms with E-state index in [9.17, 15) is 9.59 Å². The van der Waals surface area contributed by atoms with Crippen molar-refractivity contribution >= 4 is 70.9 Å². The molecule has 0 amide bonds. The lowest BCUT2D eigenvalue weighted by molar-refractivity contribution is -0.150. The Balaban J connectivity index is 2.02. The highest BCUT2D eigenvalue weighted by Crippen LogP contribution is 2.42. The minimum absolute atomic E-state index is 0.253. The molecule has 3 rings (SSSR count). The first-order chi connectivity index (χ1) is 15.7. The molecule has 0 aliphatic heterocycles. The van der Waals surface area contributed by atoms with Crippen LogP contribution in [0, 0.1) is 6.92 Å². The number of halogens is 3. The van der Waals surface area contributed by atoms with Crippen molar-refractivity contribution in [3.63, 3.8) is 0 Å². The molecule has 1 heterocycles. The van der Waals surface area contributed by atoms with E-state index in [0.717, 1.165) is 4.47 Å². The van der Waals surface area contributed by atoms with Gasteiger partial charge in [0.15, 0.2) is 17.6 Å². The number of methoxy groups -OCH3 is 1. The van der Waals surface area contributed by atoms with Gasteiger partial charge in [0.25, 0.3) is 5.56 Å². The lowest BCUT2D eigenvalue weighted by Crippen LogP contribution is -2.26. The average molecular weight is 646 g/mol. The van der Waals surface area contributed by atoms with E-state index in [2.05, 4.69) is 57.9 Å². The van der Waals surface area contributed by atoms with Gasteiger partial charge in [0, 0.05) is 14.5 Å². The lowest BCUT2D eigenvalue weighted by Gasteiger charge is -2.18. The third-order valence-electron chi connectivity index (χ3n) is 4.57. The molecule has 1 atom stereocenters. The third kappa shape index (κ3) is 5.47. The first kappa shape index (κ1) is 25.4. The summed E-state index contributed by atoms with van der Waals surface area (Å²) in [4.78, 5) is 29.4. The smallest absolute Gasteiger partial charge is 0.347 e. The number of ether oxygens (including phenoxy) is 3. The Morgan fingerprint density at radius 2 is 1.97 bits per heavy atom. The summed E-state index contributed by atoms with van der Waals surface area (Å²) in [7, 11) is 1.48. The Hall–Kier alpha value is -2.24. The number of benzene rings is 2. The van der Waals surface area contributed by atoms with Gasteiger partial charge in [-0.3, -0.25) is 4.79 Å². The number of hydrogen-bond donors (Lipinski definition) is 0. The van der Waals surface area contributed by atoms with Crippen molar-refractivity contribution in [3.8, 4) is 11.5 Å². The van der Waals surface area contributed by atoms with E-state index in [1.54, 1.807) is 39.0 Å². The van der Waals surface area contributed by atoms with E-state index in [-0.39, 0.29) is 12.2 Å². The summed E-state index contributed by atoms with van der Waals surface area (Å²) in [5, 5.41) is 4.80. The molecule has 0 bridgehead atoms. The molecule has 0 unspecified atom stereocenters.